The molecule has 0 heterocycles. The van der Waals surface area contributed by atoms with Gasteiger partial charge in [0, 0.05) is 12.1 Å². The topological polar surface area (TPSA) is 32.3 Å². The number of nitrogens with one attached hydrogen (secondary N) is 1. The SMILES string of the molecule is CC(CO)NC1CCCCC1C(F)(F)F. The lowest BCUT2D eigenvalue weighted by atomic mass is 9.83. The summed E-state index contributed by atoms with van der Waals surface area (Å²) in [4.78, 5) is 0. The lowest BCUT2D eigenvalue weighted by molar-refractivity contribution is -0.189. The molecule has 1 saturated carbocycles. The molecule has 0 bridgehead atoms. The van der Waals surface area contributed by atoms with Gasteiger partial charge in [0.1, 0.15) is 0 Å². The fourth-order valence-corrected chi connectivity index (χ4v) is 2.14. The molecule has 0 aromatic rings. The Balaban J connectivity index is 2.58. The molecule has 15 heavy (non-hydrogen) atoms. The van der Waals surface area contributed by atoms with Crippen LogP contribution in [0.2, 0.25) is 0 Å². The number of rotatable bonds is 3. The van der Waals surface area contributed by atoms with E-state index in [9.17, 15) is 13.2 Å². The maximum Gasteiger partial charge on any atom is 0.393 e. The normalized spacial score (nSPS) is 30.2. The molecule has 3 unspecified atom stereocenters. The molecule has 1 aliphatic carbocycles. The number of halogens is 3. The van der Waals surface area contributed by atoms with Crippen molar-refractivity contribution in [3.63, 3.8) is 0 Å². The van der Waals surface area contributed by atoms with E-state index in [1.54, 1.807) is 6.92 Å². The van der Waals surface area contributed by atoms with Gasteiger partial charge in [-0.3, -0.25) is 0 Å². The molecule has 0 aromatic carbocycles. The smallest absolute Gasteiger partial charge is 0.393 e. The quantitative estimate of drug-likeness (QED) is 0.770. The predicted molar refractivity (Wildman–Crippen MR) is 51.5 cm³/mol. The molecule has 90 valence electrons. The summed E-state index contributed by atoms with van der Waals surface area (Å²) < 4.78 is 37.9. The molecule has 1 fully saturated rings. The second-order valence-electron chi connectivity index (χ2n) is 4.29. The van der Waals surface area contributed by atoms with Crippen molar-refractivity contribution in [3.8, 4) is 0 Å². The largest absolute Gasteiger partial charge is 0.395 e. The second kappa shape index (κ2) is 5.16. The molecule has 2 nitrogen and oxygen atoms in total. The highest BCUT2D eigenvalue weighted by Crippen LogP contribution is 2.37. The van der Waals surface area contributed by atoms with Crippen LogP contribution in [0.5, 0.6) is 0 Å². The Morgan fingerprint density at radius 2 is 1.93 bits per heavy atom. The molecule has 2 N–H and O–H groups in total. The van der Waals surface area contributed by atoms with Crippen molar-refractivity contribution in [2.45, 2.75) is 50.9 Å². The van der Waals surface area contributed by atoms with Gasteiger partial charge < -0.3 is 10.4 Å². The molecular weight excluding hydrogens is 207 g/mol. The zero-order valence-corrected chi connectivity index (χ0v) is 8.85. The molecule has 1 rings (SSSR count). The molecule has 0 amide bonds. The van der Waals surface area contributed by atoms with E-state index >= 15 is 0 Å². The predicted octanol–water partition coefficient (Wildman–Crippen LogP) is 2.08. The molecular formula is C10H18F3NO. The van der Waals surface area contributed by atoms with Crippen LogP contribution in [-0.4, -0.2) is 30.0 Å². The first kappa shape index (κ1) is 12.8. The minimum absolute atomic E-state index is 0.124. The molecule has 0 spiro atoms. The van der Waals surface area contributed by atoms with Crippen LogP contribution < -0.4 is 5.32 Å². The summed E-state index contributed by atoms with van der Waals surface area (Å²) in [6, 6.07) is -0.793. The van der Waals surface area contributed by atoms with Crippen molar-refractivity contribution in [2.75, 3.05) is 6.61 Å². The lowest BCUT2D eigenvalue weighted by Crippen LogP contribution is -2.49. The molecule has 0 radical (unpaired) electrons. The monoisotopic (exact) mass is 225 g/mol. The van der Waals surface area contributed by atoms with Crippen LogP contribution in [0.25, 0.3) is 0 Å². The van der Waals surface area contributed by atoms with Crippen LogP contribution in [0.1, 0.15) is 32.6 Å². The van der Waals surface area contributed by atoms with Crippen molar-refractivity contribution in [3.05, 3.63) is 0 Å². The number of aliphatic hydroxyl groups excluding tert-OH is 1. The van der Waals surface area contributed by atoms with Gasteiger partial charge in [-0.2, -0.15) is 13.2 Å². The van der Waals surface area contributed by atoms with Crippen molar-refractivity contribution >= 4 is 0 Å². The Hall–Kier alpha value is -0.290. The Morgan fingerprint density at radius 1 is 1.33 bits per heavy atom. The first-order valence-electron chi connectivity index (χ1n) is 5.38. The van der Waals surface area contributed by atoms with E-state index in [-0.39, 0.29) is 19.1 Å². The third-order valence-corrected chi connectivity index (χ3v) is 2.96. The average Bonchev–Trinajstić information content (AvgIpc) is 2.17. The Morgan fingerprint density at radius 3 is 2.47 bits per heavy atom. The van der Waals surface area contributed by atoms with Gasteiger partial charge in [0.15, 0.2) is 0 Å². The van der Waals surface area contributed by atoms with Crippen molar-refractivity contribution < 1.29 is 18.3 Å². The summed E-state index contributed by atoms with van der Waals surface area (Å²) in [6.45, 7) is 1.57. The first-order valence-corrected chi connectivity index (χ1v) is 5.38. The fourth-order valence-electron chi connectivity index (χ4n) is 2.14. The highest BCUT2D eigenvalue weighted by Gasteiger charge is 2.45. The summed E-state index contributed by atoms with van der Waals surface area (Å²) in [5, 5.41) is 11.7. The van der Waals surface area contributed by atoms with Gasteiger partial charge in [-0.15, -0.1) is 0 Å². The number of aliphatic hydroxyl groups is 1. The molecule has 1 aliphatic rings. The summed E-state index contributed by atoms with van der Waals surface area (Å²) in [5.74, 6) is -1.25. The summed E-state index contributed by atoms with van der Waals surface area (Å²) >= 11 is 0. The van der Waals surface area contributed by atoms with E-state index in [2.05, 4.69) is 5.32 Å². The third kappa shape index (κ3) is 3.65. The van der Waals surface area contributed by atoms with Gasteiger partial charge in [0.25, 0.3) is 0 Å². The van der Waals surface area contributed by atoms with E-state index in [0.717, 1.165) is 6.42 Å². The van der Waals surface area contributed by atoms with Gasteiger partial charge in [0.2, 0.25) is 0 Å². The maximum atomic E-state index is 12.6. The summed E-state index contributed by atoms with van der Waals surface area (Å²) in [5.41, 5.74) is 0. The third-order valence-electron chi connectivity index (χ3n) is 2.96. The molecule has 3 atom stereocenters. The second-order valence-corrected chi connectivity index (χ2v) is 4.29. The van der Waals surface area contributed by atoms with E-state index < -0.39 is 18.1 Å². The Labute approximate surface area is 87.9 Å². The Bertz CT molecular complexity index is 196. The highest BCUT2D eigenvalue weighted by molar-refractivity contribution is 4.86. The zero-order chi connectivity index (χ0) is 11.5. The van der Waals surface area contributed by atoms with Gasteiger partial charge in [-0.05, 0) is 19.8 Å². The van der Waals surface area contributed by atoms with Crippen LogP contribution in [0.4, 0.5) is 13.2 Å². The van der Waals surface area contributed by atoms with Crippen molar-refractivity contribution in [1.82, 2.24) is 5.32 Å². The van der Waals surface area contributed by atoms with Crippen LogP contribution >= 0.6 is 0 Å². The van der Waals surface area contributed by atoms with Crippen LogP contribution in [-0.2, 0) is 0 Å². The molecule has 0 saturated heterocycles. The standard InChI is InChI=1S/C10H18F3NO/c1-7(6-15)14-9-5-3-2-4-8(9)10(11,12)13/h7-9,14-15H,2-6H2,1H3. The molecule has 5 heteroatoms. The van der Waals surface area contributed by atoms with Crippen molar-refractivity contribution in [2.24, 2.45) is 5.92 Å². The van der Waals surface area contributed by atoms with Gasteiger partial charge in [-0.1, -0.05) is 12.8 Å². The van der Waals surface area contributed by atoms with E-state index in [1.807, 2.05) is 0 Å². The van der Waals surface area contributed by atoms with E-state index in [0.29, 0.717) is 12.8 Å². The average molecular weight is 225 g/mol. The number of hydrogen-bond donors (Lipinski definition) is 2. The summed E-state index contributed by atoms with van der Waals surface area (Å²) in [6.07, 6.45) is -1.88. The van der Waals surface area contributed by atoms with E-state index in [1.165, 1.54) is 0 Å². The van der Waals surface area contributed by atoms with Gasteiger partial charge >= 0.3 is 6.18 Å². The van der Waals surface area contributed by atoms with E-state index in [4.69, 9.17) is 5.11 Å². The Kier molecular flexibility index (Phi) is 4.40. The number of hydrogen-bond acceptors (Lipinski definition) is 2. The fraction of sp³-hybridized carbons (Fsp3) is 1.00. The summed E-state index contributed by atoms with van der Waals surface area (Å²) in [7, 11) is 0. The lowest BCUT2D eigenvalue weighted by Gasteiger charge is -2.35. The van der Waals surface area contributed by atoms with Crippen LogP contribution in [0.3, 0.4) is 0 Å². The number of alkyl halides is 3. The minimum Gasteiger partial charge on any atom is -0.395 e. The van der Waals surface area contributed by atoms with Crippen molar-refractivity contribution in [1.29, 1.82) is 0 Å². The van der Waals surface area contributed by atoms with Gasteiger partial charge in [-0.25, -0.2) is 0 Å². The molecule has 0 aromatic heterocycles. The first-order chi connectivity index (χ1) is 6.95. The van der Waals surface area contributed by atoms with Gasteiger partial charge in [0.05, 0.1) is 12.5 Å². The minimum atomic E-state index is -4.12. The zero-order valence-electron chi connectivity index (χ0n) is 8.85. The van der Waals surface area contributed by atoms with Crippen LogP contribution in [0, 0.1) is 5.92 Å². The van der Waals surface area contributed by atoms with Crippen LogP contribution in [0.15, 0.2) is 0 Å². The molecule has 0 aliphatic heterocycles. The highest BCUT2D eigenvalue weighted by atomic mass is 19.4. The maximum absolute atomic E-state index is 12.6.